The molecule has 5 nitrogen and oxygen atoms in total. The van der Waals surface area contributed by atoms with Crippen LogP contribution in [0.5, 0.6) is 0 Å². The predicted molar refractivity (Wildman–Crippen MR) is 86.3 cm³/mol. The lowest BCUT2D eigenvalue weighted by Crippen LogP contribution is -2.34. The van der Waals surface area contributed by atoms with Crippen LogP contribution in [0.4, 0.5) is 10.1 Å². The number of sulfonamides is 1. The molecule has 0 radical (unpaired) electrons. The van der Waals surface area contributed by atoms with Gasteiger partial charge in [-0.25, -0.2) is 17.6 Å². The molecular formula is C15H17ClFNO4S. The van der Waals surface area contributed by atoms with E-state index in [1.165, 1.54) is 6.08 Å². The Hall–Kier alpha value is -1.60. The number of allylic oxidation sites excluding steroid dienone is 1. The van der Waals surface area contributed by atoms with Crippen LogP contribution in [0, 0.1) is 5.82 Å². The van der Waals surface area contributed by atoms with Crippen molar-refractivity contribution in [2.45, 2.75) is 31.4 Å². The first-order valence-corrected chi connectivity index (χ1v) is 9.02. The van der Waals surface area contributed by atoms with E-state index in [1.54, 1.807) is 6.92 Å². The van der Waals surface area contributed by atoms with Crippen molar-refractivity contribution < 1.29 is 23.8 Å². The van der Waals surface area contributed by atoms with Crippen LogP contribution in [-0.4, -0.2) is 26.2 Å². The van der Waals surface area contributed by atoms with E-state index in [1.807, 2.05) is 0 Å². The Kier molecular flexibility index (Phi) is 5.17. The van der Waals surface area contributed by atoms with Gasteiger partial charge in [0.05, 0.1) is 22.9 Å². The van der Waals surface area contributed by atoms with E-state index in [0.29, 0.717) is 12.8 Å². The van der Waals surface area contributed by atoms with Gasteiger partial charge < -0.3 is 4.74 Å². The molecule has 0 amide bonds. The zero-order valence-electron chi connectivity index (χ0n) is 13.5. The summed E-state index contributed by atoms with van der Waals surface area (Å²) in [4.78, 5) is 12.0. The number of benzene rings is 1. The molecule has 0 spiro atoms. The van der Waals surface area contributed by atoms with Crippen molar-refractivity contribution in [1.82, 2.24) is 0 Å². The van der Waals surface area contributed by atoms with Crippen molar-refractivity contribution in [2.75, 3.05) is 11.3 Å². The van der Waals surface area contributed by atoms with Gasteiger partial charge in [-0.05, 0) is 44.4 Å². The maximum atomic E-state index is 13.1. The molecule has 0 saturated carbocycles. The zero-order chi connectivity index (χ0) is 17.9. The first kappa shape index (κ1) is 16.3. The zero-order valence-corrected chi connectivity index (χ0v) is 14.0. The fraction of sp³-hybridized carbons (Fsp3) is 0.400. The van der Waals surface area contributed by atoms with Crippen molar-refractivity contribution in [1.29, 1.82) is 0 Å². The first-order chi connectivity index (χ1) is 11.3. The molecule has 0 saturated heterocycles. The summed E-state index contributed by atoms with van der Waals surface area (Å²) in [6.07, 6.45) is 2.86. The van der Waals surface area contributed by atoms with Gasteiger partial charge >= 0.3 is 5.97 Å². The van der Waals surface area contributed by atoms with Gasteiger partial charge in [0.1, 0.15) is 11.1 Å². The fourth-order valence-electron chi connectivity index (χ4n) is 2.34. The molecular weight excluding hydrogens is 345 g/mol. The molecule has 1 atom stereocenters. The van der Waals surface area contributed by atoms with Crippen molar-refractivity contribution >= 4 is 33.3 Å². The monoisotopic (exact) mass is 362 g/mol. The average Bonchev–Trinajstić information content (AvgIpc) is 2.54. The predicted octanol–water partition coefficient (Wildman–Crippen LogP) is 3.26. The number of rotatable bonds is 5. The van der Waals surface area contributed by atoms with Crippen LogP contribution >= 0.6 is 11.6 Å². The van der Waals surface area contributed by atoms with Crippen LogP contribution in [0.25, 0.3) is 0 Å². The smallest absolute Gasteiger partial charge is 0.335 e. The summed E-state index contributed by atoms with van der Waals surface area (Å²) in [6, 6.07) is 3.05. The summed E-state index contributed by atoms with van der Waals surface area (Å²) in [5, 5.41) is -1.39. The molecule has 1 aliphatic rings. The maximum absolute atomic E-state index is 13.1. The highest BCUT2D eigenvalue weighted by molar-refractivity contribution is 7.93. The standard InChI is InChI=1S/C15H17ClFNO4S/c1-2-22-15(19)11-5-3-4-6-14(11)23(20,21)18-13-8-7-10(17)9-12(13)16/h5,7-9,14,18H,2-4,6H2,1H3/t14-/m1/s1/i/hD. The molecule has 1 N–H and O–H groups in total. The number of halogens is 2. The number of nitrogens with one attached hydrogen (secondary N) is 1. The molecule has 2 rings (SSSR count). The molecule has 0 aromatic heterocycles. The second-order valence-corrected chi connectivity index (χ2v) is 7.19. The van der Waals surface area contributed by atoms with Crippen molar-refractivity contribution in [2.24, 2.45) is 0 Å². The Bertz CT molecular complexity index is 769. The number of carbonyl (C=O) groups excluding carboxylic acids is 1. The molecule has 0 unspecified atom stereocenters. The lowest BCUT2D eigenvalue weighted by molar-refractivity contribution is -0.138. The summed E-state index contributed by atoms with van der Waals surface area (Å²) >= 11 is 5.85. The SMILES string of the molecule is [2H]N(c1ccc(F)cc1Cl)S(=O)(=O)[C@@H]1CCCC=C1C(=O)OCC. The second kappa shape index (κ2) is 7.31. The molecule has 0 fully saturated rings. The molecule has 0 aliphatic heterocycles. The third-order valence-corrected chi connectivity index (χ3v) is 5.35. The Labute approximate surface area is 141 Å². The molecule has 23 heavy (non-hydrogen) atoms. The molecule has 1 aliphatic carbocycles. The van der Waals surface area contributed by atoms with E-state index < -0.39 is 27.1 Å². The minimum Gasteiger partial charge on any atom is -0.463 e. The van der Waals surface area contributed by atoms with Gasteiger partial charge in [0.25, 0.3) is 0 Å². The molecule has 1 aromatic rings. The Balaban J connectivity index is 2.38. The number of hydrogen-bond donors (Lipinski definition) is 1. The minimum absolute atomic E-state index is 0.0265. The third-order valence-electron chi connectivity index (χ3n) is 3.39. The van der Waals surface area contributed by atoms with Crippen LogP contribution in [0.3, 0.4) is 0 Å². The molecule has 0 bridgehead atoms. The largest absolute Gasteiger partial charge is 0.463 e. The normalized spacial score (nSPS) is 18.8. The Morgan fingerprint density at radius 1 is 1.57 bits per heavy atom. The quantitative estimate of drug-likeness (QED) is 0.816. The van der Waals surface area contributed by atoms with E-state index in [-0.39, 0.29) is 34.0 Å². The number of anilines is 1. The van der Waals surface area contributed by atoms with E-state index in [0.717, 1.165) is 18.2 Å². The highest BCUT2D eigenvalue weighted by atomic mass is 35.5. The summed E-state index contributed by atoms with van der Waals surface area (Å²) in [5.74, 6) is -1.34. The maximum Gasteiger partial charge on any atom is 0.335 e. The van der Waals surface area contributed by atoms with Crippen molar-refractivity contribution in [3.63, 3.8) is 0 Å². The number of esters is 1. The Morgan fingerprint density at radius 2 is 2.30 bits per heavy atom. The van der Waals surface area contributed by atoms with Gasteiger partial charge in [-0.3, -0.25) is 4.72 Å². The summed E-state index contributed by atoms with van der Waals surface area (Å²) in [7, 11) is -4.24. The third kappa shape index (κ3) is 4.23. The van der Waals surface area contributed by atoms with Crippen LogP contribution in [0.1, 0.15) is 26.2 Å². The van der Waals surface area contributed by atoms with Crippen molar-refractivity contribution in [3.8, 4) is 0 Å². The lowest BCUT2D eigenvalue weighted by Gasteiger charge is -2.24. The van der Waals surface area contributed by atoms with Crippen molar-refractivity contribution in [3.05, 3.63) is 40.7 Å². The topological polar surface area (TPSA) is 72.5 Å². The van der Waals surface area contributed by atoms with E-state index in [2.05, 4.69) is 0 Å². The second-order valence-electron chi connectivity index (χ2n) is 5.00. The first-order valence-electron chi connectivity index (χ1n) is 7.59. The van der Waals surface area contributed by atoms with E-state index >= 15 is 0 Å². The number of carbonyl (C=O) groups is 1. The van der Waals surface area contributed by atoms with Gasteiger partial charge in [-0.15, -0.1) is 0 Å². The van der Waals surface area contributed by atoms with Gasteiger partial charge in [0.2, 0.25) is 10.0 Å². The van der Waals surface area contributed by atoms with Gasteiger partial charge in [-0.2, -0.15) is 0 Å². The molecule has 0 heterocycles. The Morgan fingerprint density at radius 3 is 2.96 bits per heavy atom. The highest BCUT2D eigenvalue weighted by Gasteiger charge is 2.35. The number of hydrogen-bond acceptors (Lipinski definition) is 4. The van der Waals surface area contributed by atoms with Crippen LogP contribution < -0.4 is 4.72 Å². The fourth-order valence-corrected chi connectivity index (χ4v) is 4.14. The van der Waals surface area contributed by atoms with E-state index in [9.17, 15) is 17.6 Å². The van der Waals surface area contributed by atoms with Crippen LogP contribution in [-0.2, 0) is 19.6 Å². The lowest BCUT2D eigenvalue weighted by atomic mass is 9.99. The highest BCUT2D eigenvalue weighted by Crippen LogP contribution is 2.30. The molecule has 1 aromatic carbocycles. The summed E-state index contributed by atoms with van der Waals surface area (Å²) in [5.41, 5.74) is -0.148. The summed E-state index contributed by atoms with van der Waals surface area (Å²) in [6.45, 7) is 1.75. The van der Waals surface area contributed by atoms with Gasteiger partial charge in [0.15, 0.2) is 1.41 Å². The molecule has 8 heteroatoms. The van der Waals surface area contributed by atoms with Crippen LogP contribution in [0.2, 0.25) is 6.43 Å². The van der Waals surface area contributed by atoms with Gasteiger partial charge in [0, 0.05) is 0 Å². The average molecular weight is 363 g/mol. The van der Waals surface area contributed by atoms with Gasteiger partial charge in [-0.1, -0.05) is 17.7 Å². The van der Waals surface area contributed by atoms with E-state index in [4.69, 9.17) is 17.7 Å². The van der Waals surface area contributed by atoms with Crippen LogP contribution in [0.15, 0.2) is 29.8 Å². The number of ether oxygens (including phenoxy) is 1. The summed E-state index contributed by atoms with van der Waals surface area (Å²) < 4.78 is 51.8. The molecule has 126 valence electrons. The minimum atomic E-state index is -4.24.